The quantitative estimate of drug-likeness (QED) is 0.267. The summed E-state index contributed by atoms with van der Waals surface area (Å²) >= 11 is 0. The van der Waals surface area contributed by atoms with E-state index in [9.17, 15) is 27.6 Å². The van der Waals surface area contributed by atoms with Gasteiger partial charge in [-0.3, -0.25) is 14.4 Å². The van der Waals surface area contributed by atoms with Crippen LogP contribution in [-0.2, 0) is 19.2 Å². The van der Waals surface area contributed by atoms with Crippen molar-refractivity contribution in [2.45, 2.75) is 50.4 Å². The first-order valence-corrected chi connectivity index (χ1v) is 7.32. The van der Waals surface area contributed by atoms with E-state index in [-0.39, 0.29) is 18.7 Å². The molecule has 0 aromatic rings. The molecule has 2 atom stereocenters. The number of nitrogens with two attached hydrogens (primary N) is 2. The van der Waals surface area contributed by atoms with Crippen LogP contribution in [0.4, 0.5) is 13.2 Å². The maximum Gasteiger partial charge on any atom is 0.490 e. The first-order valence-electron chi connectivity index (χ1n) is 7.32. The molecule has 13 heteroatoms. The Hall–Kier alpha value is -2.41. The number of halogens is 3. The highest BCUT2D eigenvalue weighted by Crippen LogP contribution is 2.13. The van der Waals surface area contributed by atoms with Crippen LogP contribution in [0.1, 0.15) is 32.1 Å². The number of hydrogen-bond acceptors (Lipinski definition) is 6. The van der Waals surface area contributed by atoms with Crippen molar-refractivity contribution in [3.63, 3.8) is 0 Å². The van der Waals surface area contributed by atoms with Crippen LogP contribution in [0.5, 0.6) is 0 Å². The van der Waals surface area contributed by atoms with Crippen molar-refractivity contribution in [1.82, 2.24) is 5.32 Å². The molecule has 0 aliphatic rings. The van der Waals surface area contributed by atoms with Crippen molar-refractivity contribution in [1.29, 1.82) is 0 Å². The zero-order valence-electron chi connectivity index (χ0n) is 13.7. The summed E-state index contributed by atoms with van der Waals surface area (Å²) in [6.07, 6.45) is -3.36. The normalized spacial score (nSPS) is 13.0. The van der Waals surface area contributed by atoms with Gasteiger partial charge in [0.25, 0.3) is 0 Å². The smallest absolute Gasteiger partial charge is 0.480 e. The van der Waals surface area contributed by atoms with Crippen molar-refractivity contribution in [2.24, 2.45) is 11.5 Å². The predicted octanol–water partition coefficient (Wildman–Crippen LogP) is -0.490. The lowest BCUT2D eigenvalue weighted by atomic mass is 10.1. The van der Waals surface area contributed by atoms with Gasteiger partial charge in [0.2, 0.25) is 5.91 Å². The molecule has 152 valence electrons. The lowest BCUT2D eigenvalue weighted by molar-refractivity contribution is -0.192. The lowest BCUT2D eigenvalue weighted by Gasteiger charge is -2.08. The highest BCUT2D eigenvalue weighted by Gasteiger charge is 2.38. The molecule has 0 aliphatic heterocycles. The van der Waals surface area contributed by atoms with Gasteiger partial charge < -0.3 is 32.1 Å². The van der Waals surface area contributed by atoms with E-state index in [1.54, 1.807) is 0 Å². The molecule has 0 spiro atoms. The van der Waals surface area contributed by atoms with E-state index >= 15 is 0 Å². The summed E-state index contributed by atoms with van der Waals surface area (Å²) in [5.74, 6) is -5.19. The van der Waals surface area contributed by atoms with Crippen molar-refractivity contribution < 1.29 is 47.7 Å². The molecular formula is C13H22F3N3O7. The van der Waals surface area contributed by atoms with E-state index < -0.39 is 36.2 Å². The molecule has 10 nitrogen and oxygen atoms in total. The molecule has 2 unspecified atom stereocenters. The molecule has 0 fully saturated rings. The maximum atomic E-state index is 11.3. The fourth-order valence-electron chi connectivity index (χ4n) is 1.34. The monoisotopic (exact) mass is 389 g/mol. The van der Waals surface area contributed by atoms with Crippen LogP contribution in [0.2, 0.25) is 0 Å². The fourth-order valence-corrected chi connectivity index (χ4v) is 1.34. The summed E-state index contributed by atoms with van der Waals surface area (Å²) in [6.45, 7) is 0.410. The van der Waals surface area contributed by atoms with Crippen molar-refractivity contribution in [3.8, 4) is 0 Å². The molecule has 0 rings (SSSR count). The number of nitrogens with one attached hydrogen (secondary N) is 1. The topological polar surface area (TPSA) is 193 Å². The third-order valence-corrected chi connectivity index (χ3v) is 2.82. The summed E-state index contributed by atoms with van der Waals surface area (Å²) in [5.41, 5.74) is 10.6. The van der Waals surface area contributed by atoms with Crippen LogP contribution in [0.25, 0.3) is 0 Å². The van der Waals surface area contributed by atoms with Gasteiger partial charge in [0.05, 0.1) is 0 Å². The SMILES string of the molecule is NC(CCCCNC(=O)CCC(N)C(=O)O)C(=O)O.O=C(O)C(F)(F)F. The number of carboxylic acid groups (broad SMARTS) is 3. The average molecular weight is 389 g/mol. The minimum Gasteiger partial charge on any atom is -0.480 e. The molecule has 26 heavy (non-hydrogen) atoms. The zero-order valence-corrected chi connectivity index (χ0v) is 13.7. The van der Waals surface area contributed by atoms with E-state index in [0.717, 1.165) is 0 Å². The van der Waals surface area contributed by atoms with Crippen LogP contribution in [0, 0.1) is 0 Å². The number of unbranched alkanes of at least 4 members (excludes halogenated alkanes) is 1. The van der Waals surface area contributed by atoms with Gasteiger partial charge in [-0.1, -0.05) is 0 Å². The number of carbonyl (C=O) groups excluding carboxylic acids is 1. The fraction of sp³-hybridized carbons (Fsp3) is 0.692. The molecule has 1 amide bonds. The number of alkyl halides is 3. The number of rotatable bonds is 10. The Labute approximate surface area is 146 Å². The summed E-state index contributed by atoms with van der Waals surface area (Å²) in [4.78, 5) is 41.0. The van der Waals surface area contributed by atoms with Gasteiger partial charge in [-0.15, -0.1) is 0 Å². The Kier molecular flexibility index (Phi) is 12.8. The minimum atomic E-state index is -5.08. The Morgan fingerprint density at radius 1 is 0.885 bits per heavy atom. The minimum absolute atomic E-state index is 0.0576. The molecule has 0 aromatic carbocycles. The number of hydrogen-bond donors (Lipinski definition) is 6. The van der Waals surface area contributed by atoms with E-state index in [1.807, 2.05) is 0 Å². The Morgan fingerprint density at radius 3 is 1.69 bits per heavy atom. The first kappa shape index (κ1) is 25.8. The van der Waals surface area contributed by atoms with Crippen molar-refractivity contribution >= 4 is 23.8 Å². The average Bonchev–Trinajstić information content (AvgIpc) is 2.51. The number of carbonyl (C=O) groups is 4. The number of aliphatic carboxylic acids is 3. The van der Waals surface area contributed by atoms with E-state index in [1.165, 1.54) is 0 Å². The second-order valence-corrected chi connectivity index (χ2v) is 5.08. The van der Waals surface area contributed by atoms with Crippen LogP contribution in [0.3, 0.4) is 0 Å². The van der Waals surface area contributed by atoms with Gasteiger partial charge in [-0.05, 0) is 25.7 Å². The Balaban J connectivity index is 0. The molecule has 0 aromatic heterocycles. The molecule has 0 radical (unpaired) electrons. The van der Waals surface area contributed by atoms with Gasteiger partial charge in [0.1, 0.15) is 12.1 Å². The summed E-state index contributed by atoms with van der Waals surface area (Å²) < 4.78 is 31.7. The molecular weight excluding hydrogens is 367 g/mol. The first-order chi connectivity index (χ1) is 11.8. The molecule has 0 heterocycles. The highest BCUT2D eigenvalue weighted by molar-refractivity contribution is 5.78. The molecule has 0 aliphatic carbocycles. The molecule has 0 saturated carbocycles. The van der Waals surface area contributed by atoms with Crippen LogP contribution in [-0.4, -0.2) is 63.9 Å². The summed E-state index contributed by atoms with van der Waals surface area (Å²) in [5, 5.41) is 26.8. The van der Waals surface area contributed by atoms with E-state index in [2.05, 4.69) is 5.32 Å². The van der Waals surface area contributed by atoms with Gasteiger partial charge in [-0.2, -0.15) is 13.2 Å². The van der Waals surface area contributed by atoms with Crippen molar-refractivity contribution in [3.05, 3.63) is 0 Å². The molecule has 0 bridgehead atoms. The predicted molar refractivity (Wildman–Crippen MR) is 81.0 cm³/mol. The summed E-state index contributed by atoms with van der Waals surface area (Å²) in [7, 11) is 0. The maximum absolute atomic E-state index is 11.3. The van der Waals surface area contributed by atoms with Crippen LogP contribution >= 0.6 is 0 Å². The van der Waals surface area contributed by atoms with Crippen molar-refractivity contribution in [2.75, 3.05) is 6.54 Å². The second kappa shape index (κ2) is 12.9. The summed E-state index contributed by atoms with van der Waals surface area (Å²) in [6, 6.07) is -1.90. The van der Waals surface area contributed by atoms with E-state index in [4.69, 9.17) is 31.6 Å². The largest absolute Gasteiger partial charge is 0.490 e. The van der Waals surface area contributed by atoms with Gasteiger partial charge >= 0.3 is 24.1 Å². The number of carboxylic acids is 3. The number of amides is 1. The van der Waals surface area contributed by atoms with Gasteiger partial charge in [0, 0.05) is 13.0 Å². The van der Waals surface area contributed by atoms with E-state index in [0.29, 0.717) is 25.8 Å². The Bertz CT molecular complexity index is 486. The third-order valence-electron chi connectivity index (χ3n) is 2.82. The Morgan fingerprint density at radius 2 is 1.31 bits per heavy atom. The third kappa shape index (κ3) is 15.1. The highest BCUT2D eigenvalue weighted by atomic mass is 19.4. The second-order valence-electron chi connectivity index (χ2n) is 5.08. The van der Waals surface area contributed by atoms with Crippen LogP contribution in [0.15, 0.2) is 0 Å². The standard InChI is InChI=1S/C11H21N3O5.C2HF3O2/c12-7(10(16)17)3-1-2-6-14-9(15)5-4-8(13)11(18)19;3-2(4,5)1(6)7/h7-8H,1-6,12-13H2,(H,14,15)(H,16,17)(H,18,19);(H,6,7). The van der Waals surface area contributed by atoms with Gasteiger partial charge in [0.15, 0.2) is 0 Å². The lowest BCUT2D eigenvalue weighted by Crippen LogP contribution is -2.33. The molecule has 0 saturated heterocycles. The zero-order chi connectivity index (χ0) is 20.9. The molecule has 8 N–H and O–H groups in total. The van der Waals surface area contributed by atoms with Gasteiger partial charge in [-0.25, -0.2) is 4.79 Å². The van der Waals surface area contributed by atoms with Crippen LogP contribution < -0.4 is 16.8 Å².